The Hall–Kier alpha value is -0.460. The fraction of sp³-hybridized carbons (Fsp3) is 0.800. The van der Waals surface area contributed by atoms with Gasteiger partial charge in [0.25, 0.3) is 0 Å². The molecule has 11 heavy (non-hydrogen) atoms. The van der Waals surface area contributed by atoms with Gasteiger partial charge in [0, 0.05) is 13.6 Å². The molecule has 0 N–H and O–H groups in total. The Bertz CT molecular complexity index is 97.0. The molecule has 0 aromatic rings. The van der Waals surface area contributed by atoms with Gasteiger partial charge < -0.3 is 4.90 Å². The predicted octanol–water partition coefficient (Wildman–Crippen LogP) is 3.03. The first-order valence-corrected chi connectivity index (χ1v) is 4.68. The summed E-state index contributed by atoms with van der Waals surface area (Å²) < 4.78 is 0. The topological polar surface area (TPSA) is 3.24 Å². The second kappa shape index (κ2) is 7.64. The van der Waals surface area contributed by atoms with E-state index in [1.165, 1.54) is 25.8 Å². The molecule has 1 nitrogen and oxygen atoms in total. The maximum atomic E-state index is 2.26. The summed E-state index contributed by atoms with van der Waals surface area (Å²) in [5, 5.41) is 0. The van der Waals surface area contributed by atoms with E-state index in [1.807, 2.05) is 0 Å². The van der Waals surface area contributed by atoms with Crippen molar-refractivity contribution in [2.75, 3.05) is 13.6 Å². The molecule has 0 aliphatic heterocycles. The molecule has 1 heteroatoms. The molecule has 66 valence electrons. The highest BCUT2D eigenvalue weighted by atomic mass is 15.1. The van der Waals surface area contributed by atoms with Gasteiger partial charge in [0.1, 0.15) is 0 Å². The molecular weight excluding hydrogens is 134 g/mol. The third kappa shape index (κ3) is 7.44. The lowest BCUT2D eigenvalue weighted by molar-refractivity contribution is 0.434. The maximum Gasteiger partial charge on any atom is 0.0169 e. The Morgan fingerprint density at radius 3 is 2.45 bits per heavy atom. The van der Waals surface area contributed by atoms with E-state index in [1.54, 1.807) is 0 Å². The van der Waals surface area contributed by atoms with Crippen molar-refractivity contribution in [2.45, 2.75) is 39.5 Å². The Balaban J connectivity index is 3.21. The zero-order valence-corrected chi connectivity index (χ0v) is 8.14. The van der Waals surface area contributed by atoms with Crippen LogP contribution in [0.2, 0.25) is 0 Å². The first kappa shape index (κ1) is 10.5. The van der Waals surface area contributed by atoms with E-state index in [-0.39, 0.29) is 0 Å². The monoisotopic (exact) mass is 155 g/mol. The summed E-state index contributed by atoms with van der Waals surface area (Å²) in [6.07, 6.45) is 9.50. The lowest BCUT2D eigenvalue weighted by Crippen LogP contribution is -2.11. The zero-order valence-electron chi connectivity index (χ0n) is 8.14. The van der Waals surface area contributed by atoms with Gasteiger partial charge in [0.15, 0.2) is 0 Å². The Labute approximate surface area is 71.1 Å². The van der Waals surface area contributed by atoms with Crippen LogP contribution in [-0.2, 0) is 0 Å². The largest absolute Gasteiger partial charge is 0.381 e. The van der Waals surface area contributed by atoms with Gasteiger partial charge in [-0.3, -0.25) is 0 Å². The van der Waals surface area contributed by atoms with Crippen molar-refractivity contribution in [3.63, 3.8) is 0 Å². The van der Waals surface area contributed by atoms with E-state index in [0.29, 0.717) is 0 Å². The van der Waals surface area contributed by atoms with Gasteiger partial charge in [-0.1, -0.05) is 32.8 Å². The summed E-state index contributed by atoms with van der Waals surface area (Å²) in [7, 11) is 2.14. The highest BCUT2D eigenvalue weighted by Gasteiger charge is 1.88. The summed E-state index contributed by atoms with van der Waals surface area (Å²) in [5.41, 5.74) is 0. The minimum Gasteiger partial charge on any atom is -0.381 e. The van der Waals surface area contributed by atoms with Crippen LogP contribution >= 0.6 is 0 Å². The molecule has 0 saturated heterocycles. The van der Waals surface area contributed by atoms with E-state index in [4.69, 9.17) is 0 Å². The quantitative estimate of drug-likeness (QED) is 0.533. The summed E-state index contributed by atoms with van der Waals surface area (Å²) in [6.45, 7) is 5.60. The molecule has 0 aromatic carbocycles. The molecule has 0 saturated carbocycles. The van der Waals surface area contributed by atoms with Crippen molar-refractivity contribution in [3.8, 4) is 0 Å². The van der Waals surface area contributed by atoms with Crippen molar-refractivity contribution >= 4 is 0 Å². The first-order valence-electron chi connectivity index (χ1n) is 4.68. The number of hydrogen-bond acceptors (Lipinski definition) is 1. The van der Waals surface area contributed by atoms with Gasteiger partial charge in [-0.05, 0) is 19.0 Å². The Morgan fingerprint density at radius 2 is 1.91 bits per heavy atom. The second-order valence-corrected chi connectivity index (χ2v) is 2.98. The molecule has 0 amide bonds. The average Bonchev–Trinajstić information content (AvgIpc) is 2.01. The molecule has 0 atom stereocenters. The molecule has 0 rings (SSSR count). The molecule has 0 aromatic heterocycles. The minimum absolute atomic E-state index is 1.14. The Kier molecular flexibility index (Phi) is 7.33. The third-order valence-corrected chi connectivity index (χ3v) is 1.71. The van der Waals surface area contributed by atoms with Crippen LogP contribution in [0.5, 0.6) is 0 Å². The van der Waals surface area contributed by atoms with Crippen molar-refractivity contribution < 1.29 is 0 Å². The van der Waals surface area contributed by atoms with Crippen LogP contribution in [-0.4, -0.2) is 18.5 Å². The smallest absolute Gasteiger partial charge is 0.0169 e. The molecule has 0 unspecified atom stereocenters. The number of unbranched alkanes of at least 4 members (excludes halogenated alkanes) is 2. The van der Waals surface area contributed by atoms with Crippen molar-refractivity contribution in [3.05, 3.63) is 12.3 Å². The van der Waals surface area contributed by atoms with Crippen LogP contribution in [0.1, 0.15) is 39.5 Å². The summed E-state index contributed by atoms with van der Waals surface area (Å²) >= 11 is 0. The van der Waals surface area contributed by atoms with Crippen LogP contribution in [0, 0.1) is 0 Å². The van der Waals surface area contributed by atoms with Gasteiger partial charge in [-0.2, -0.15) is 0 Å². The van der Waals surface area contributed by atoms with Crippen LogP contribution < -0.4 is 0 Å². The number of hydrogen-bond donors (Lipinski definition) is 0. The molecule has 0 radical (unpaired) electrons. The van der Waals surface area contributed by atoms with Crippen molar-refractivity contribution in [1.29, 1.82) is 0 Å². The van der Waals surface area contributed by atoms with Gasteiger partial charge in [0.05, 0.1) is 0 Å². The summed E-state index contributed by atoms with van der Waals surface area (Å²) in [5.74, 6) is 0. The molecular formula is C10H21N. The fourth-order valence-corrected chi connectivity index (χ4v) is 0.971. The first-order chi connectivity index (χ1) is 5.31. The lowest BCUT2D eigenvalue weighted by atomic mass is 10.2. The second-order valence-electron chi connectivity index (χ2n) is 2.98. The van der Waals surface area contributed by atoms with Gasteiger partial charge in [-0.25, -0.2) is 0 Å². The van der Waals surface area contributed by atoms with Crippen molar-refractivity contribution in [1.82, 2.24) is 4.90 Å². The molecule has 0 aliphatic carbocycles. The standard InChI is InChI=1S/C10H21N/c1-4-6-8-10-11(3)9-7-5-2/h7,9H,4-6,8,10H2,1-3H3. The molecule has 0 fully saturated rings. The van der Waals surface area contributed by atoms with Crippen LogP contribution in [0.15, 0.2) is 12.3 Å². The summed E-state index contributed by atoms with van der Waals surface area (Å²) in [4.78, 5) is 2.26. The third-order valence-electron chi connectivity index (χ3n) is 1.71. The normalized spacial score (nSPS) is 10.8. The molecule has 0 bridgehead atoms. The average molecular weight is 155 g/mol. The molecule has 0 spiro atoms. The van der Waals surface area contributed by atoms with Gasteiger partial charge in [-0.15, -0.1) is 0 Å². The van der Waals surface area contributed by atoms with Crippen LogP contribution in [0.3, 0.4) is 0 Å². The highest BCUT2D eigenvalue weighted by Crippen LogP contribution is 1.96. The maximum absolute atomic E-state index is 2.26. The SMILES string of the molecule is CCC=CN(C)CCCCC. The lowest BCUT2D eigenvalue weighted by Gasteiger charge is -2.12. The predicted molar refractivity (Wildman–Crippen MR) is 51.6 cm³/mol. The van der Waals surface area contributed by atoms with Gasteiger partial charge >= 0.3 is 0 Å². The number of allylic oxidation sites excluding steroid dienone is 1. The molecule has 0 heterocycles. The van der Waals surface area contributed by atoms with E-state index in [9.17, 15) is 0 Å². The van der Waals surface area contributed by atoms with Crippen LogP contribution in [0.25, 0.3) is 0 Å². The van der Waals surface area contributed by atoms with E-state index in [2.05, 4.69) is 38.1 Å². The fourth-order valence-electron chi connectivity index (χ4n) is 0.971. The van der Waals surface area contributed by atoms with Crippen molar-refractivity contribution in [2.24, 2.45) is 0 Å². The molecule has 0 aliphatic rings. The Morgan fingerprint density at radius 1 is 1.18 bits per heavy atom. The number of rotatable bonds is 6. The van der Waals surface area contributed by atoms with E-state index in [0.717, 1.165) is 6.42 Å². The van der Waals surface area contributed by atoms with Crippen LogP contribution in [0.4, 0.5) is 0 Å². The van der Waals surface area contributed by atoms with E-state index >= 15 is 0 Å². The van der Waals surface area contributed by atoms with Gasteiger partial charge in [0.2, 0.25) is 0 Å². The zero-order chi connectivity index (χ0) is 8.53. The minimum atomic E-state index is 1.14. The van der Waals surface area contributed by atoms with E-state index < -0.39 is 0 Å². The number of nitrogens with zero attached hydrogens (tertiary/aromatic N) is 1. The summed E-state index contributed by atoms with van der Waals surface area (Å²) in [6, 6.07) is 0. The highest BCUT2D eigenvalue weighted by molar-refractivity contribution is 4.78.